The molecule has 7 nitrogen and oxygen atoms in total. The highest BCUT2D eigenvalue weighted by Gasteiger charge is 2.11. The van der Waals surface area contributed by atoms with Gasteiger partial charge in [-0.2, -0.15) is 5.10 Å². The number of carbonyl (C=O) groups excluding carboxylic acids is 2. The van der Waals surface area contributed by atoms with E-state index in [0.29, 0.717) is 22.6 Å². The average Bonchev–Trinajstić information content (AvgIpc) is 2.67. The molecule has 0 fully saturated rings. The highest BCUT2D eigenvalue weighted by atomic mass is 19.1. The van der Waals surface area contributed by atoms with Gasteiger partial charge >= 0.3 is 0 Å². The van der Waals surface area contributed by atoms with Gasteiger partial charge in [0.05, 0.1) is 27.0 Å². The first-order valence-corrected chi connectivity index (χ1v) is 7.61. The fourth-order valence-corrected chi connectivity index (χ4v) is 2.01. The fraction of sp³-hybridized carbons (Fsp3) is 0.167. The number of carbonyl (C=O) groups is 2. The maximum atomic E-state index is 12.8. The lowest BCUT2D eigenvalue weighted by molar-refractivity contribution is -0.120. The molecule has 0 saturated carbocycles. The van der Waals surface area contributed by atoms with Crippen molar-refractivity contribution in [3.05, 3.63) is 59.4 Å². The van der Waals surface area contributed by atoms with Crippen LogP contribution >= 0.6 is 0 Å². The molecule has 2 amide bonds. The number of hydrogen-bond donors (Lipinski definition) is 2. The second-order valence-corrected chi connectivity index (χ2v) is 5.10. The molecule has 0 aromatic heterocycles. The smallest absolute Gasteiger partial charge is 0.259 e. The van der Waals surface area contributed by atoms with Crippen LogP contribution in [0.5, 0.6) is 11.5 Å². The molecule has 8 heteroatoms. The molecule has 26 heavy (non-hydrogen) atoms. The Morgan fingerprint density at radius 1 is 1.08 bits per heavy atom. The van der Waals surface area contributed by atoms with E-state index in [1.807, 2.05) is 0 Å². The Balaban J connectivity index is 1.84. The van der Waals surface area contributed by atoms with Gasteiger partial charge in [0.25, 0.3) is 11.8 Å². The number of nitrogens with one attached hydrogen (secondary N) is 2. The summed E-state index contributed by atoms with van der Waals surface area (Å²) < 4.78 is 23.0. The lowest BCUT2D eigenvalue weighted by Gasteiger charge is -2.09. The second-order valence-electron chi connectivity index (χ2n) is 5.10. The number of halogens is 1. The van der Waals surface area contributed by atoms with Crippen molar-refractivity contribution in [1.82, 2.24) is 10.7 Å². The Kier molecular flexibility index (Phi) is 6.67. The molecule has 0 spiro atoms. The first-order chi connectivity index (χ1) is 12.5. The maximum Gasteiger partial charge on any atom is 0.259 e. The van der Waals surface area contributed by atoms with Crippen LogP contribution in [0.1, 0.15) is 15.9 Å². The average molecular weight is 359 g/mol. The van der Waals surface area contributed by atoms with Crippen molar-refractivity contribution in [3.63, 3.8) is 0 Å². The monoisotopic (exact) mass is 359 g/mol. The molecule has 2 aromatic carbocycles. The number of hydrogen-bond acceptors (Lipinski definition) is 5. The molecule has 0 heterocycles. The van der Waals surface area contributed by atoms with Crippen LogP contribution in [0.2, 0.25) is 0 Å². The quantitative estimate of drug-likeness (QED) is 0.582. The summed E-state index contributed by atoms with van der Waals surface area (Å²) in [6.07, 6.45) is 1.37. The molecule has 2 N–H and O–H groups in total. The van der Waals surface area contributed by atoms with Gasteiger partial charge in [0, 0.05) is 5.56 Å². The molecule has 2 aromatic rings. The van der Waals surface area contributed by atoms with Gasteiger partial charge in [-0.3, -0.25) is 9.59 Å². The number of methoxy groups -OCH3 is 2. The summed E-state index contributed by atoms with van der Waals surface area (Å²) in [4.78, 5) is 23.8. The highest BCUT2D eigenvalue weighted by molar-refractivity contribution is 5.97. The molecule has 136 valence electrons. The molecule has 0 aliphatic carbocycles. The Hall–Kier alpha value is -3.42. The minimum absolute atomic E-state index is 0.256. The number of rotatable bonds is 7. The zero-order chi connectivity index (χ0) is 18.9. The third-order valence-electron chi connectivity index (χ3n) is 3.33. The molecular formula is C18H18FN3O4. The highest BCUT2D eigenvalue weighted by Crippen LogP contribution is 2.27. The van der Waals surface area contributed by atoms with Crippen LogP contribution in [0.25, 0.3) is 0 Å². The third-order valence-corrected chi connectivity index (χ3v) is 3.33. The van der Waals surface area contributed by atoms with Crippen molar-refractivity contribution in [2.45, 2.75) is 0 Å². The van der Waals surface area contributed by atoms with Gasteiger partial charge in [-0.15, -0.1) is 0 Å². The molecule has 0 radical (unpaired) electrons. The van der Waals surface area contributed by atoms with Crippen LogP contribution in [0.3, 0.4) is 0 Å². The standard InChI is InChI=1S/C18H18FN3O4/c1-25-15-8-5-13(9-16(15)26-2)18(24)20-11-17(23)22-21-10-12-3-6-14(19)7-4-12/h3-10H,11H2,1-2H3,(H,20,24)(H,22,23). The van der Waals surface area contributed by atoms with Crippen molar-refractivity contribution >= 4 is 18.0 Å². The molecular weight excluding hydrogens is 341 g/mol. The number of benzene rings is 2. The van der Waals surface area contributed by atoms with E-state index in [2.05, 4.69) is 15.8 Å². The van der Waals surface area contributed by atoms with Crippen molar-refractivity contribution in [2.24, 2.45) is 5.10 Å². The van der Waals surface area contributed by atoms with Crippen LogP contribution in [0, 0.1) is 5.82 Å². The van der Waals surface area contributed by atoms with Crippen LogP contribution < -0.4 is 20.2 Å². The van der Waals surface area contributed by atoms with E-state index >= 15 is 0 Å². The third kappa shape index (κ3) is 5.30. The van der Waals surface area contributed by atoms with E-state index in [4.69, 9.17) is 9.47 Å². The van der Waals surface area contributed by atoms with Crippen LogP contribution in [-0.4, -0.2) is 38.8 Å². The van der Waals surface area contributed by atoms with Gasteiger partial charge in [0.1, 0.15) is 5.82 Å². The molecule has 0 aliphatic heterocycles. The summed E-state index contributed by atoms with van der Waals surface area (Å²) in [5.41, 5.74) is 3.22. The molecule has 0 aliphatic rings. The van der Waals surface area contributed by atoms with E-state index in [0.717, 1.165) is 0 Å². The Morgan fingerprint density at radius 3 is 2.42 bits per heavy atom. The first kappa shape index (κ1) is 18.9. The summed E-state index contributed by atoms with van der Waals surface area (Å²) in [5, 5.41) is 6.21. The molecule has 2 rings (SSSR count). The fourth-order valence-electron chi connectivity index (χ4n) is 2.01. The van der Waals surface area contributed by atoms with Crippen molar-refractivity contribution in [3.8, 4) is 11.5 Å². The number of ether oxygens (including phenoxy) is 2. The van der Waals surface area contributed by atoms with Crippen molar-refractivity contribution in [2.75, 3.05) is 20.8 Å². The lowest BCUT2D eigenvalue weighted by Crippen LogP contribution is -2.34. The predicted molar refractivity (Wildman–Crippen MR) is 94.0 cm³/mol. The van der Waals surface area contributed by atoms with Gasteiger partial charge < -0.3 is 14.8 Å². The zero-order valence-electron chi connectivity index (χ0n) is 14.3. The van der Waals surface area contributed by atoms with E-state index in [-0.39, 0.29) is 12.4 Å². The van der Waals surface area contributed by atoms with E-state index in [1.54, 1.807) is 12.1 Å². The van der Waals surface area contributed by atoms with Crippen molar-refractivity contribution < 1.29 is 23.5 Å². The minimum Gasteiger partial charge on any atom is -0.493 e. The SMILES string of the molecule is COc1ccc(C(=O)NCC(=O)NN=Cc2ccc(F)cc2)cc1OC. The molecule has 0 saturated heterocycles. The van der Waals surface area contributed by atoms with Gasteiger partial charge in [-0.25, -0.2) is 9.82 Å². The summed E-state index contributed by atoms with van der Waals surface area (Å²) in [6.45, 7) is -0.256. The Morgan fingerprint density at radius 2 is 1.77 bits per heavy atom. The largest absolute Gasteiger partial charge is 0.493 e. The number of hydrazone groups is 1. The topological polar surface area (TPSA) is 89.0 Å². The maximum absolute atomic E-state index is 12.8. The van der Waals surface area contributed by atoms with Crippen LogP contribution in [-0.2, 0) is 4.79 Å². The normalized spacial score (nSPS) is 10.4. The molecule has 0 unspecified atom stereocenters. The van der Waals surface area contributed by atoms with Crippen molar-refractivity contribution in [1.29, 1.82) is 0 Å². The van der Waals surface area contributed by atoms with Gasteiger partial charge in [0.15, 0.2) is 11.5 Å². The van der Waals surface area contributed by atoms with E-state index in [1.165, 1.54) is 50.8 Å². The van der Waals surface area contributed by atoms with E-state index < -0.39 is 11.8 Å². The lowest BCUT2D eigenvalue weighted by atomic mass is 10.2. The summed E-state index contributed by atoms with van der Waals surface area (Å²) >= 11 is 0. The zero-order valence-corrected chi connectivity index (χ0v) is 14.3. The van der Waals surface area contributed by atoms with E-state index in [9.17, 15) is 14.0 Å². The van der Waals surface area contributed by atoms with Crippen LogP contribution in [0.15, 0.2) is 47.6 Å². The first-order valence-electron chi connectivity index (χ1n) is 7.61. The minimum atomic E-state index is -0.503. The number of amides is 2. The van der Waals surface area contributed by atoms with Gasteiger partial charge in [-0.05, 0) is 35.9 Å². The molecule has 0 bridgehead atoms. The van der Waals surface area contributed by atoms with Gasteiger partial charge in [0.2, 0.25) is 0 Å². The van der Waals surface area contributed by atoms with Crippen LogP contribution in [0.4, 0.5) is 4.39 Å². The number of nitrogens with zero attached hydrogens (tertiary/aromatic N) is 1. The summed E-state index contributed by atoms with van der Waals surface area (Å²) in [7, 11) is 2.96. The summed E-state index contributed by atoms with van der Waals surface area (Å²) in [5.74, 6) is -0.393. The predicted octanol–water partition coefficient (Wildman–Crippen LogP) is 1.72. The Bertz CT molecular complexity index is 807. The second kappa shape index (κ2) is 9.16. The van der Waals surface area contributed by atoms with Gasteiger partial charge in [-0.1, -0.05) is 12.1 Å². The Labute approximate surface area is 149 Å². The summed E-state index contributed by atoms with van der Waals surface area (Å²) in [6, 6.07) is 10.3. The molecule has 0 atom stereocenters.